The summed E-state index contributed by atoms with van der Waals surface area (Å²) in [6.45, 7) is 1.98. The molecule has 0 unspecified atom stereocenters. The number of aromatic nitrogens is 3. The molecule has 4 nitrogen and oxygen atoms in total. The monoisotopic (exact) mass is 177 g/mol. The number of rotatable bonds is 0. The van der Waals surface area contributed by atoms with Gasteiger partial charge in [-0.25, -0.2) is 0 Å². The van der Waals surface area contributed by atoms with Gasteiger partial charge in [-0.05, 0) is 12.5 Å². The van der Waals surface area contributed by atoms with Crippen LogP contribution in [0.3, 0.4) is 0 Å². The van der Waals surface area contributed by atoms with E-state index >= 15 is 0 Å². The van der Waals surface area contributed by atoms with E-state index < -0.39 is 0 Å². The zero-order valence-corrected chi connectivity index (χ0v) is 7.90. The molecule has 2 aromatic rings. The fourth-order valence-electron chi connectivity index (χ4n) is 1.52. The third kappa shape index (κ3) is 1.06. The van der Waals surface area contributed by atoms with Crippen LogP contribution in [0.1, 0.15) is 5.56 Å². The highest BCUT2D eigenvalue weighted by atomic mass is 16.1. The van der Waals surface area contributed by atoms with Crippen molar-refractivity contribution >= 4 is 10.9 Å². The maximum absolute atomic E-state index is 11.6. The standard InChI is InChI=1S/C9H11N3O/c1-6-4-11(2)9(13)8-7(6)5-12(3)10-8/h4-5H,1-3H3. The van der Waals surface area contributed by atoms with Gasteiger partial charge in [-0.3, -0.25) is 9.48 Å². The molecule has 13 heavy (non-hydrogen) atoms. The summed E-state index contributed by atoms with van der Waals surface area (Å²) >= 11 is 0. The van der Waals surface area contributed by atoms with Crippen LogP contribution < -0.4 is 5.56 Å². The quantitative estimate of drug-likeness (QED) is 0.590. The topological polar surface area (TPSA) is 39.8 Å². The molecule has 0 saturated carbocycles. The second kappa shape index (κ2) is 2.45. The van der Waals surface area contributed by atoms with Gasteiger partial charge in [0.1, 0.15) is 0 Å². The molecule has 0 aliphatic rings. The largest absolute Gasteiger partial charge is 0.316 e. The molecule has 0 spiro atoms. The van der Waals surface area contributed by atoms with Crippen molar-refractivity contribution < 1.29 is 0 Å². The summed E-state index contributed by atoms with van der Waals surface area (Å²) in [5.41, 5.74) is 1.58. The van der Waals surface area contributed by atoms with E-state index in [2.05, 4.69) is 5.10 Å². The van der Waals surface area contributed by atoms with Gasteiger partial charge in [-0.1, -0.05) is 0 Å². The lowest BCUT2D eigenvalue weighted by Gasteiger charge is -1.98. The van der Waals surface area contributed by atoms with Gasteiger partial charge in [-0.15, -0.1) is 0 Å². The summed E-state index contributed by atoms with van der Waals surface area (Å²) in [5.74, 6) is 0. The third-order valence-corrected chi connectivity index (χ3v) is 2.16. The summed E-state index contributed by atoms with van der Waals surface area (Å²) < 4.78 is 3.23. The van der Waals surface area contributed by atoms with Gasteiger partial charge >= 0.3 is 0 Å². The Morgan fingerprint density at radius 2 is 2.00 bits per heavy atom. The van der Waals surface area contributed by atoms with E-state index in [1.54, 1.807) is 16.3 Å². The van der Waals surface area contributed by atoms with Crippen LogP contribution >= 0.6 is 0 Å². The third-order valence-electron chi connectivity index (χ3n) is 2.16. The maximum atomic E-state index is 11.6. The van der Waals surface area contributed by atoms with Crippen LogP contribution in [-0.4, -0.2) is 14.3 Å². The molecule has 0 radical (unpaired) electrons. The number of hydrogen-bond acceptors (Lipinski definition) is 2. The summed E-state index contributed by atoms with van der Waals surface area (Å²) in [6.07, 6.45) is 3.69. The first-order valence-electron chi connectivity index (χ1n) is 4.09. The Balaban J connectivity index is 3.04. The van der Waals surface area contributed by atoms with Crippen molar-refractivity contribution in [1.82, 2.24) is 14.3 Å². The normalized spacial score (nSPS) is 11.0. The highest BCUT2D eigenvalue weighted by Gasteiger charge is 2.06. The number of nitrogens with zero attached hydrogens (tertiary/aromatic N) is 3. The molecule has 2 heterocycles. The van der Waals surface area contributed by atoms with Crippen LogP contribution in [0.25, 0.3) is 10.9 Å². The lowest BCUT2D eigenvalue weighted by molar-refractivity contribution is 0.774. The van der Waals surface area contributed by atoms with Crippen molar-refractivity contribution in [3.8, 4) is 0 Å². The summed E-state index contributed by atoms with van der Waals surface area (Å²) in [4.78, 5) is 11.6. The van der Waals surface area contributed by atoms with Gasteiger partial charge in [0.15, 0.2) is 5.52 Å². The first kappa shape index (κ1) is 8.04. The fourth-order valence-corrected chi connectivity index (χ4v) is 1.52. The summed E-state index contributed by atoms with van der Waals surface area (Å²) in [5, 5.41) is 5.05. The van der Waals surface area contributed by atoms with E-state index in [-0.39, 0.29) is 5.56 Å². The minimum Gasteiger partial charge on any atom is -0.316 e. The molecule has 0 bridgehead atoms. The average Bonchev–Trinajstić information content (AvgIpc) is 2.44. The van der Waals surface area contributed by atoms with Crippen LogP contribution in [0, 0.1) is 6.92 Å². The highest BCUT2D eigenvalue weighted by Crippen LogP contribution is 2.11. The Hall–Kier alpha value is -1.58. The van der Waals surface area contributed by atoms with Crippen molar-refractivity contribution in [3.05, 3.63) is 28.3 Å². The Morgan fingerprint density at radius 1 is 1.31 bits per heavy atom. The molecule has 0 aliphatic heterocycles. The molecule has 0 saturated heterocycles. The van der Waals surface area contributed by atoms with Crippen LogP contribution in [0.15, 0.2) is 17.2 Å². The van der Waals surface area contributed by atoms with Crippen LogP contribution in [0.2, 0.25) is 0 Å². The molecule has 2 aromatic heterocycles. The second-order valence-corrected chi connectivity index (χ2v) is 3.29. The molecular weight excluding hydrogens is 166 g/mol. The molecule has 4 heteroatoms. The molecule has 0 aliphatic carbocycles. The number of aryl methyl sites for hydroxylation is 3. The van der Waals surface area contributed by atoms with E-state index in [9.17, 15) is 4.79 Å². The number of hydrogen-bond donors (Lipinski definition) is 0. The zero-order chi connectivity index (χ0) is 9.59. The van der Waals surface area contributed by atoms with Gasteiger partial charge in [0.05, 0.1) is 0 Å². The molecule has 68 valence electrons. The lowest BCUT2D eigenvalue weighted by Crippen LogP contribution is -2.16. The Bertz CT molecular complexity index is 521. The molecule has 0 fully saturated rings. The van der Waals surface area contributed by atoms with Gasteiger partial charge in [0.2, 0.25) is 0 Å². The first-order valence-corrected chi connectivity index (χ1v) is 4.09. The first-order chi connectivity index (χ1) is 6.09. The van der Waals surface area contributed by atoms with E-state index in [1.165, 1.54) is 0 Å². The van der Waals surface area contributed by atoms with Crippen LogP contribution in [-0.2, 0) is 14.1 Å². The highest BCUT2D eigenvalue weighted by molar-refractivity contribution is 5.80. The average molecular weight is 177 g/mol. The van der Waals surface area contributed by atoms with Crippen molar-refractivity contribution in [2.45, 2.75) is 6.92 Å². The van der Waals surface area contributed by atoms with E-state index in [1.807, 2.05) is 26.4 Å². The van der Waals surface area contributed by atoms with Gasteiger partial charge in [-0.2, -0.15) is 5.10 Å². The van der Waals surface area contributed by atoms with Gasteiger partial charge < -0.3 is 4.57 Å². The van der Waals surface area contributed by atoms with E-state index in [0.29, 0.717) is 5.52 Å². The Morgan fingerprint density at radius 3 is 2.69 bits per heavy atom. The minimum absolute atomic E-state index is 0.0406. The summed E-state index contributed by atoms with van der Waals surface area (Å²) in [6, 6.07) is 0. The predicted octanol–water partition coefficient (Wildman–Crippen LogP) is 0.580. The van der Waals surface area contributed by atoms with Crippen molar-refractivity contribution in [2.75, 3.05) is 0 Å². The predicted molar refractivity (Wildman–Crippen MR) is 50.7 cm³/mol. The molecule has 2 rings (SSSR count). The van der Waals surface area contributed by atoms with Crippen molar-refractivity contribution in [3.63, 3.8) is 0 Å². The van der Waals surface area contributed by atoms with Crippen molar-refractivity contribution in [2.24, 2.45) is 14.1 Å². The lowest BCUT2D eigenvalue weighted by atomic mass is 10.2. The fraction of sp³-hybridized carbons (Fsp3) is 0.333. The van der Waals surface area contributed by atoms with Crippen LogP contribution in [0.4, 0.5) is 0 Å². The zero-order valence-electron chi connectivity index (χ0n) is 7.90. The summed E-state index contributed by atoms with van der Waals surface area (Å²) in [7, 11) is 3.56. The number of fused-ring (bicyclic) bond motifs is 1. The molecule has 0 atom stereocenters. The second-order valence-electron chi connectivity index (χ2n) is 3.29. The minimum atomic E-state index is -0.0406. The van der Waals surface area contributed by atoms with Crippen LogP contribution in [0.5, 0.6) is 0 Å². The Kier molecular flexibility index (Phi) is 1.52. The van der Waals surface area contributed by atoms with E-state index in [4.69, 9.17) is 0 Å². The smallest absolute Gasteiger partial charge is 0.278 e. The molecule has 0 N–H and O–H groups in total. The Labute approximate surface area is 75.4 Å². The SMILES string of the molecule is Cc1cn(C)c(=O)c2nn(C)cc12. The number of pyridine rings is 1. The molecule has 0 aromatic carbocycles. The van der Waals surface area contributed by atoms with Gasteiger partial charge in [0, 0.05) is 31.9 Å². The maximum Gasteiger partial charge on any atom is 0.278 e. The van der Waals surface area contributed by atoms with E-state index in [0.717, 1.165) is 10.9 Å². The molecular formula is C9H11N3O. The van der Waals surface area contributed by atoms with Crippen molar-refractivity contribution in [1.29, 1.82) is 0 Å². The molecule has 0 amide bonds. The van der Waals surface area contributed by atoms with Gasteiger partial charge in [0.25, 0.3) is 5.56 Å².